The number of nitrogens with zero attached hydrogens (tertiary/aromatic N) is 5. The third-order valence-electron chi connectivity index (χ3n) is 3.67. The SMILES string of the molecule is O=C(COC(=O)Cn1cnnn1)Nc1ccc(N2CCCC2)cc1. The summed E-state index contributed by atoms with van der Waals surface area (Å²) in [6, 6.07) is 7.64. The monoisotopic (exact) mass is 330 g/mol. The molecule has 1 saturated heterocycles. The number of benzene rings is 1. The van der Waals surface area contributed by atoms with Gasteiger partial charge in [-0.3, -0.25) is 9.59 Å². The summed E-state index contributed by atoms with van der Waals surface area (Å²) in [5.41, 5.74) is 1.82. The Bertz CT molecular complexity index is 680. The van der Waals surface area contributed by atoms with Crippen LogP contribution in [-0.4, -0.2) is 51.8 Å². The highest BCUT2D eigenvalue weighted by Gasteiger charge is 2.13. The van der Waals surface area contributed by atoms with E-state index in [-0.39, 0.29) is 13.2 Å². The minimum atomic E-state index is -0.582. The van der Waals surface area contributed by atoms with Crippen molar-refractivity contribution in [3.8, 4) is 0 Å². The van der Waals surface area contributed by atoms with Gasteiger partial charge in [-0.05, 0) is 47.5 Å². The molecule has 0 bridgehead atoms. The van der Waals surface area contributed by atoms with Gasteiger partial charge >= 0.3 is 5.97 Å². The van der Waals surface area contributed by atoms with Gasteiger partial charge in [-0.2, -0.15) is 0 Å². The van der Waals surface area contributed by atoms with Crippen LogP contribution in [0.5, 0.6) is 0 Å². The lowest BCUT2D eigenvalue weighted by Gasteiger charge is -2.17. The first-order chi connectivity index (χ1) is 11.7. The molecule has 9 heteroatoms. The molecule has 126 valence electrons. The quantitative estimate of drug-likeness (QED) is 0.767. The van der Waals surface area contributed by atoms with Crippen molar-refractivity contribution >= 4 is 23.3 Å². The molecule has 9 nitrogen and oxygen atoms in total. The van der Waals surface area contributed by atoms with Gasteiger partial charge in [0.05, 0.1) is 0 Å². The molecule has 0 spiro atoms. The molecule has 1 aromatic heterocycles. The van der Waals surface area contributed by atoms with Gasteiger partial charge in [0.15, 0.2) is 6.61 Å². The average Bonchev–Trinajstić information content (AvgIpc) is 3.27. The van der Waals surface area contributed by atoms with Crippen molar-refractivity contribution in [1.82, 2.24) is 20.2 Å². The van der Waals surface area contributed by atoms with Crippen molar-refractivity contribution in [2.75, 3.05) is 29.9 Å². The Kier molecular flexibility index (Phi) is 4.99. The van der Waals surface area contributed by atoms with Crippen LogP contribution in [0.4, 0.5) is 11.4 Å². The summed E-state index contributed by atoms with van der Waals surface area (Å²) in [5.74, 6) is -0.976. The summed E-state index contributed by atoms with van der Waals surface area (Å²) < 4.78 is 6.10. The smallest absolute Gasteiger partial charge is 0.328 e. The van der Waals surface area contributed by atoms with Crippen LogP contribution in [-0.2, 0) is 20.9 Å². The molecule has 1 aliphatic heterocycles. The van der Waals surface area contributed by atoms with E-state index in [1.807, 2.05) is 24.3 Å². The summed E-state index contributed by atoms with van der Waals surface area (Å²) in [5, 5.41) is 13.0. The van der Waals surface area contributed by atoms with E-state index in [9.17, 15) is 9.59 Å². The lowest BCUT2D eigenvalue weighted by Crippen LogP contribution is -2.23. The largest absolute Gasteiger partial charge is 0.454 e. The zero-order chi connectivity index (χ0) is 16.8. The second kappa shape index (κ2) is 7.53. The molecule has 0 unspecified atom stereocenters. The standard InChI is InChI=1S/C15H18N6O3/c22-14(10-24-15(23)9-21-11-16-18-19-21)17-12-3-5-13(6-4-12)20-7-1-2-8-20/h3-6,11H,1-2,7-10H2,(H,17,22). The molecule has 2 aromatic rings. The Labute approximate surface area is 138 Å². The third kappa shape index (κ3) is 4.28. The van der Waals surface area contributed by atoms with E-state index in [0.29, 0.717) is 5.69 Å². The molecule has 0 aliphatic carbocycles. The molecule has 1 amide bonds. The maximum absolute atomic E-state index is 11.8. The van der Waals surface area contributed by atoms with E-state index < -0.39 is 11.9 Å². The number of hydrogen-bond acceptors (Lipinski definition) is 7. The van der Waals surface area contributed by atoms with Crippen LogP contribution in [0.1, 0.15) is 12.8 Å². The van der Waals surface area contributed by atoms with Crippen molar-refractivity contribution in [3.63, 3.8) is 0 Å². The lowest BCUT2D eigenvalue weighted by molar-refractivity contribution is -0.148. The predicted octanol–water partition coefficient (Wildman–Crippen LogP) is 0.455. The molecule has 0 saturated carbocycles. The minimum Gasteiger partial charge on any atom is -0.454 e. The van der Waals surface area contributed by atoms with Crippen LogP contribution in [0.3, 0.4) is 0 Å². The first kappa shape index (κ1) is 15.9. The fourth-order valence-electron chi connectivity index (χ4n) is 2.50. The summed E-state index contributed by atoms with van der Waals surface area (Å²) in [4.78, 5) is 25.7. The summed E-state index contributed by atoms with van der Waals surface area (Å²) in [6.45, 7) is 1.66. The van der Waals surface area contributed by atoms with Gasteiger partial charge in [-0.1, -0.05) is 0 Å². The lowest BCUT2D eigenvalue weighted by atomic mass is 10.2. The van der Waals surface area contributed by atoms with Gasteiger partial charge < -0.3 is 15.0 Å². The molecule has 3 rings (SSSR count). The maximum atomic E-state index is 11.8. The van der Waals surface area contributed by atoms with Gasteiger partial charge in [0, 0.05) is 24.5 Å². The molecule has 24 heavy (non-hydrogen) atoms. The number of amides is 1. The average molecular weight is 330 g/mol. The number of esters is 1. The second-order valence-corrected chi connectivity index (χ2v) is 5.46. The fraction of sp³-hybridized carbons (Fsp3) is 0.400. The highest BCUT2D eigenvalue weighted by Crippen LogP contribution is 2.21. The normalized spacial score (nSPS) is 13.8. The van der Waals surface area contributed by atoms with Crippen molar-refractivity contribution < 1.29 is 14.3 Å². The van der Waals surface area contributed by atoms with Gasteiger partial charge in [0.2, 0.25) is 0 Å². The van der Waals surface area contributed by atoms with Crippen LogP contribution < -0.4 is 10.2 Å². The second-order valence-electron chi connectivity index (χ2n) is 5.46. The number of ether oxygens (including phenoxy) is 1. The first-order valence-corrected chi connectivity index (χ1v) is 7.72. The fourth-order valence-corrected chi connectivity index (χ4v) is 2.50. The number of anilines is 2. The Morgan fingerprint density at radius 3 is 2.58 bits per heavy atom. The van der Waals surface area contributed by atoms with E-state index in [1.54, 1.807) is 0 Å². The molecular formula is C15H18N6O3. The molecule has 2 heterocycles. The van der Waals surface area contributed by atoms with Crippen molar-refractivity contribution in [2.24, 2.45) is 0 Å². The Morgan fingerprint density at radius 2 is 1.92 bits per heavy atom. The van der Waals surface area contributed by atoms with Gasteiger partial charge in [0.1, 0.15) is 12.9 Å². The van der Waals surface area contributed by atoms with Crippen LogP contribution in [0, 0.1) is 0 Å². The number of carbonyl (C=O) groups excluding carboxylic acids is 2. The third-order valence-corrected chi connectivity index (χ3v) is 3.67. The highest BCUT2D eigenvalue weighted by atomic mass is 16.5. The van der Waals surface area contributed by atoms with Crippen molar-refractivity contribution in [3.05, 3.63) is 30.6 Å². The van der Waals surface area contributed by atoms with Gasteiger partial charge in [0.25, 0.3) is 5.91 Å². The molecular weight excluding hydrogens is 312 g/mol. The van der Waals surface area contributed by atoms with Crippen LogP contribution in [0.2, 0.25) is 0 Å². The number of nitrogens with one attached hydrogen (secondary N) is 1. The molecule has 1 aliphatic rings. The maximum Gasteiger partial charge on any atom is 0.328 e. The summed E-state index contributed by atoms with van der Waals surface area (Å²) in [6.07, 6.45) is 3.73. The van der Waals surface area contributed by atoms with E-state index in [2.05, 4.69) is 25.7 Å². The zero-order valence-corrected chi connectivity index (χ0v) is 13.1. The highest BCUT2D eigenvalue weighted by molar-refractivity contribution is 5.92. The van der Waals surface area contributed by atoms with E-state index >= 15 is 0 Å². The Hall–Kier alpha value is -2.97. The molecule has 1 fully saturated rings. The number of rotatable bonds is 6. The van der Waals surface area contributed by atoms with E-state index in [0.717, 1.165) is 18.8 Å². The number of tetrazole rings is 1. The van der Waals surface area contributed by atoms with E-state index in [4.69, 9.17) is 4.74 Å². The first-order valence-electron chi connectivity index (χ1n) is 7.72. The Balaban J connectivity index is 1.43. The predicted molar refractivity (Wildman–Crippen MR) is 85.3 cm³/mol. The van der Waals surface area contributed by atoms with Crippen LogP contribution in [0.15, 0.2) is 30.6 Å². The Morgan fingerprint density at radius 1 is 1.17 bits per heavy atom. The number of hydrogen-bond donors (Lipinski definition) is 1. The van der Waals surface area contributed by atoms with Gasteiger partial charge in [-0.25, -0.2) is 4.68 Å². The minimum absolute atomic E-state index is 0.134. The molecule has 1 N–H and O–H groups in total. The molecule has 0 radical (unpaired) electrons. The van der Waals surface area contributed by atoms with E-state index in [1.165, 1.54) is 23.9 Å². The van der Waals surface area contributed by atoms with Crippen LogP contribution >= 0.6 is 0 Å². The topological polar surface area (TPSA) is 102 Å². The van der Waals surface area contributed by atoms with Crippen molar-refractivity contribution in [1.29, 1.82) is 0 Å². The van der Waals surface area contributed by atoms with Crippen molar-refractivity contribution in [2.45, 2.75) is 19.4 Å². The summed E-state index contributed by atoms with van der Waals surface area (Å²) >= 11 is 0. The summed E-state index contributed by atoms with van der Waals surface area (Å²) in [7, 11) is 0. The molecule has 0 atom stereocenters. The number of carbonyl (C=O) groups is 2. The zero-order valence-electron chi connectivity index (χ0n) is 13.1. The van der Waals surface area contributed by atoms with Gasteiger partial charge in [-0.15, -0.1) is 5.10 Å². The number of aromatic nitrogens is 4. The molecule has 1 aromatic carbocycles. The van der Waals surface area contributed by atoms with Crippen LogP contribution in [0.25, 0.3) is 0 Å².